The molecule has 0 aliphatic carbocycles. The highest BCUT2D eigenvalue weighted by molar-refractivity contribution is 9.11. The lowest BCUT2D eigenvalue weighted by molar-refractivity contribution is 0.0519. The topological polar surface area (TPSA) is 99.6 Å². The Morgan fingerprint density at radius 1 is 1.52 bits per heavy atom. The van der Waals surface area contributed by atoms with E-state index in [1.807, 2.05) is 0 Å². The van der Waals surface area contributed by atoms with Crippen LogP contribution in [0.3, 0.4) is 0 Å². The third-order valence-electron chi connectivity index (χ3n) is 2.95. The maximum atomic E-state index is 12.6. The molecule has 1 atom stereocenters. The number of nitrogens with zero attached hydrogens (tertiary/aromatic N) is 1. The Balaban J connectivity index is 2.42. The quantitative estimate of drug-likeness (QED) is 0.642. The van der Waals surface area contributed by atoms with E-state index in [4.69, 9.17) is 15.9 Å². The van der Waals surface area contributed by atoms with Gasteiger partial charge in [0.15, 0.2) is 11.6 Å². The number of nitrogens with one attached hydrogen (secondary N) is 1. The number of aromatic hydroxyl groups is 1. The number of carbonyl (C=O) groups is 1. The normalized spacial score (nSPS) is 18.4. The first-order valence-corrected chi connectivity index (χ1v) is 7.60. The van der Waals surface area contributed by atoms with Crippen molar-refractivity contribution in [2.45, 2.75) is 13.0 Å². The minimum absolute atomic E-state index is 0.0191. The second-order valence-electron chi connectivity index (χ2n) is 4.53. The fourth-order valence-electron chi connectivity index (χ4n) is 1.95. The van der Waals surface area contributed by atoms with Crippen LogP contribution in [-0.4, -0.2) is 34.8 Å². The molecule has 1 heterocycles. The number of allylic oxidation sites excluding steroid dienone is 1. The molecule has 0 unspecified atom stereocenters. The number of halogens is 2. The molecule has 0 aromatic heterocycles. The number of phenols is 1. The number of amides is 1. The summed E-state index contributed by atoms with van der Waals surface area (Å²) in [6.45, 7) is 2.08. The summed E-state index contributed by atoms with van der Waals surface area (Å²) in [5.41, 5.74) is 6.23. The molecule has 2 rings (SSSR count). The lowest BCUT2D eigenvalue weighted by Gasteiger charge is -2.32. The summed E-state index contributed by atoms with van der Waals surface area (Å²) < 4.78 is 6.19. The van der Waals surface area contributed by atoms with E-state index in [0.717, 1.165) is 6.21 Å². The summed E-state index contributed by atoms with van der Waals surface area (Å²) in [5, 5.41) is 17.0. The first kappa shape index (κ1) is 15.8. The average Bonchev–Trinajstić information content (AvgIpc) is 2.45. The zero-order chi connectivity index (χ0) is 15.7. The van der Waals surface area contributed by atoms with Crippen LogP contribution in [0.1, 0.15) is 17.3 Å². The van der Waals surface area contributed by atoms with Gasteiger partial charge in [0.2, 0.25) is 0 Å². The van der Waals surface area contributed by atoms with Crippen molar-refractivity contribution in [1.29, 1.82) is 5.41 Å². The lowest BCUT2D eigenvalue weighted by atomic mass is 10.1. The summed E-state index contributed by atoms with van der Waals surface area (Å²) in [4.78, 5) is 14.0. The van der Waals surface area contributed by atoms with E-state index in [1.54, 1.807) is 6.92 Å². The SMILES string of the molecule is C[C@@H]1CN(C(=O)c2cc(Br)c(O)c(Br)c2)C(N)=C(C=N)O1. The zero-order valence-corrected chi connectivity index (χ0v) is 14.2. The van der Waals surface area contributed by atoms with Gasteiger partial charge in [-0.1, -0.05) is 0 Å². The Kier molecular flexibility index (Phi) is 4.58. The van der Waals surface area contributed by atoms with Crippen LogP contribution in [0.5, 0.6) is 5.75 Å². The fraction of sp³-hybridized carbons (Fsp3) is 0.231. The number of carbonyl (C=O) groups excluding carboxylic acids is 1. The maximum Gasteiger partial charge on any atom is 0.259 e. The molecule has 0 bridgehead atoms. The molecule has 1 aromatic carbocycles. The molecule has 4 N–H and O–H groups in total. The van der Waals surface area contributed by atoms with Gasteiger partial charge in [-0.3, -0.25) is 9.69 Å². The number of hydrogen-bond donors (Lipinski definition) is 3. The number of phenolic OH excluding ortho intramolecular Hbond substituents is 1. The van der Waals surface area contributed by atoms with E-state index in [-0.39, 0.29) is 35.9 Å². The number of hydrogen-bond acceptors (Lipinski definition) is 5. The summed E-state index contributed by atoms with van der Waals surface area (Å²) in [7, 11) is 0. The van der Waals surface area contributed by atoms with Crippen LogP contribution >= 0.6 is 31.9 Å². The maximum absolute atomic E-state index is 12.6. The first-order chi connectivity index (χ1) is 9.85. The first-order valence-electron chi connectivity index (χ1n) is 6.02. The van der Waals surface area contributed by atoms with Gasteiger partial charge in [0.1, 0.15) is 11.9 Å². The molecule has 6 nitrogen and oxygen atoms in total. The molecule has 1 amide bonds. The van der Waals surface area contributed by atoms with Gasteiger partial charge in [-0.25, -0.2) is 0 Å². The summed E-state index contributed by atoms with van der Waals surface area (Å²) in [6, 6.07) is 3.03. The van der Waals surface area contributed by atoms with Gasteiger partial charge >= 0.3 is 0 Å². The average molecular weight is 419 g/mol. The largest absolute Gasteiger partial charge is 0.506 e. The lowest BCUT2D eigenvalue weighted by Crippen LogP contribution is -2.44. The highest BCUT2D eigenvalue weighted by atomic mass is 79.9. The van der Waals surface area contributed by atoms with Gasteiger partial charge in [0.25, 0.3) is 5.91 Å². The molecule has 1 aliphatic rings. The number of rotatable bonds is 2. The van der Waals surface area contributed by atoms with Crippen molar-refractivity contribution in [1.82, 2.24) is 4.90 Å². The number of benzene rings is 1. The van der Waals surface area contributed by atoms with Crippen LogP contribution < -0.4 is 5.73 Å². The molecule has 112 valence electrons. The standard InChI is InChI=1S/C13H13Br2N3O3/c1-6-5-18(12(17)10(4-16)21-6)13(20)7-2-8(14)11(19)9(15)3-7/h2-4,6,16,19H,5,17H2,1H3/t6-/m1/s1. The molecule has 8 heteroatoms. The molecular formula is C13H13Br2N3O3. The Labute approximate surface area is 138 Å². The highest BCUT2D eigenvalue weighted by Crippen LogP contribution is 2.34. The van der Waals surface area contributed by atoms with Crippen molar-refractivity contribution in [2.24, 2.45) is 5.73 Å². The minimum atomic E-state index is -0.330. The number of nitrogens with two attached hydrogens (primary N) is 1. The van der Waals surface area contributed by atoms with Crippen molar-refractivity contribution in [3.05, 3.63) is 38.2 Å². The predicted octanol–water partition coefficient (Wildman–Crippen LogP) is 2.56. The Bertz CT molecular complexity index is 623. The molecule has 1 aromatic rings. The van der Waals surface area contributed by atoms with Gasteiger partial charge in [-0.2, -0.15) is 0 Å². The smallest absolute Gasteiger partial charge is 0.259 e. The molecule has 0 saturated heterocycles. The van der Waals surface area contributed by atoms with Gasteiger partial charge in [-0.15, -0.1) is 0 Å². The van der Waals surface area contributed by atoms with Crippen LogP contribution in [0, 0.1) is 5.41 Å². The molecule has 0 spiro atoms. The van der Waals surface area contributed by atoms with E-state index in [9.17, 15) is 9.90 Å². The summed E-state index contributed by atoms with van der Waals surface area (Å²) in [5.74, 6) is -0.0404. The van der Waals surface area contributed by atoms with Crippen molar-refractivity contribution in [3.8, 4) is 5.75 Å². The molecular weight excluding hydrogens is 406 g/mol. The highest BCUT2D eigenvalue weighted by Gasteiger charge is 2.29. The van der Waals surface area contributed by atoms with Crippen LogP contribution in [0.2, 0.25) is 0 Å². The summed E-state index contributed by atoms with van der Waals surface area (Å²) >= 11 is 6.37. The van der Waals surface area contributed by atoms with Gasteiger partial charge in [0, 0.05) is 5.56 Å². The second-order valence-corrected chi connectivity index (χ2v) is 6.24. The molecule has 0 radical (unpaired) electrons. The Morgan fingerprint density at radius 3 is 2.62 bits per heavy atom. The summed E-state index contributed by atoms with van der Waals surface area (Å²) in [6.07, 6.45) is 0.718. The van der Waals surface area contributed by atoms with E-state index in [1.165, 1.54) is 17.0 Å². The monoisotopic (exact) mass is 417 g/mol. The van der Waals surface area contributed by atoms with E-state index >= 15 is 0 Å². The molecule has 0 saturated carbocycles. The minimum Gasteiger partial charge on any atom is -0.506 e. The second kappa shape index (κ2) is 6.07. The van der Waals surface area contributed by atoms with Crippen molar-refractivity contribution in [3.63, 3.8) is 0 Å². The molecule has 21 heavy (non-hydrogen) atoms. The Hall–Kier alpha value is -1.54. The van der Waals surface area contributed by atoms with Crippen LogP contribution in [-0.2, 0) is 4.74 Å². The molecule has 1 aliphatic heterocycles. The van der Waals surface area contributed by atoms with Crippen LogP contribution in [0.15, 0.2) is 32.7 Å². The van der Waals surface area contributed by atoms with E-state index in [2.05, 4.69) is 31.9 Å². The third kappa shape index (κ3) is 3.06. The molecule has 0 fully saturated rings. The van der Waals surface area contributed by atoms with Crippen LogP contribution in [0.25, 0.3) is 0 Å². The zero-order valence-electron chi connectivity index (χ0n) is 11.1. The number of ether oxygens (including phenoxy) is 1. The van der Waals surface area contributed by atoms with Crippen LogP contribution in [0.4, 0.5) is 0 Å². The predicted molar refractivity (Wildman–Crippen MR) is 85.1 cm³/mol. The van der Waals surface area contributed by atoms with Gasteiger partial charge in [0.05, 0.1) is 21.7 Å². The fourth-order valence-corrected chi connectivity index (χ4v) is 3.13. The van der Waals surface area contributed by atoms with Crippen molar-refractivity contribution < 1.29 is 14.6 Å². The van der Waals surface area contributed by atoms with Gasteiger partial charge in [-0.05, 0) is 50.9 Å². The van der Waals surface area contributed by atoms with Crippen molar-refractivity contribution in [2.75, 3.05) is 6.54 Å². The van der Waals surface area contributed by atoms with Gasteiger partial charge < -0.3 is 21.0 Å². The third-order valence-corrected chi connectivity index (χ3v) is 4.16. The van der Waals surface area contributed by atoms with E-state index in [0.29, 0.717) is 14.5 Å². The van der Waals surface area contributed by atoms with Crippen molar-refractivity contribution >= 4 is 44.0 Å². The Morgan fingerprint density at radius 2 is 2.10 bits per heavy atom. The van der Waals surface area contributed by atoms with E-state index < -0.39 is 0 Å².